The number of nitrogens with one attached hydrogen (secondary N) is 3. The van der Waals surface area contributed by atoms with E-state index in [1.54, 1.807) is 70.7 Å². The number of likely N-dealkylation sites (N-methyl/N-ethyl adjacent to an activating group) is 1. The Morgan fingerprint density at radius 3 is 2.24 bits per heavy atom. The largest absolute Gasteiger partial charge is 0.494 e. The first-order valence-electron chi connectivity index (χ1n) is 26.0. The standard InChI is InChI=1S/C55H67ClF3N11O9S/c1-68(25-30-76-33-32-75-29-20-44-38-69(67-66-44)26-31-77-34-35-79-47-15-11-43(12-16-47)63-53(74)65-54-64-45(19-27-71)39-80-54)23-2-3-28-78-46-13-6-40(7-14-46)8-17-50(72)70(24-21-55(57,58)59)51(48-18-22-61-37-49(48)60)52(73)62-36-41-4-9-42(56)10-5-41/h4-7,9-16,18,22,27,37-39,51H,2-3,8,17,19-21,23-26,28-36,60H2,1H3,(H,62,73)(H2,63,64,65,74). The number of anilines is 3. The van der Waals surface area contributed by atoms with Gasteiger partial charge in [0.2, 0.25) is 11.8 Å². The third-order valence-electron chi connectivity index (χ3n) is 12.0. The first-order valence-corrected chi connectivity index (χ1v) is 27.3. The molecule has 0 saturated heterocycles. The van der Waals surface area contributed by atoms with Crippen molar-refractivity contribution in [2.75, 3.05) is 95.9 Å². The van der Waals surface area contributed by atoms with Gasteiger partial charge in [-0.3, -0.25) is 19.9 Å². The molecule has 430 valence electrons. The first kappa shape index (κ1) is 62.0. The summed E-state index contributed by atoms with van der Waals surface area (Å²) in [6.07, 6.45) is 2.00. The smallest absolute Gasteiger partial charge is 0.390 e. The van der Waals surface area contributed by atoms with Gasteiger partial charge in [-0.15, -0.1) is 16.4 Å². The average Bonchev–Trinajstić information content (AvgIpc) is 4.10. The number of pyridine rings is 1. The Kier molecular flexibility index (Phi) is 25.9. The zero-order chi connectivity index (χ0) is 57.0. The predicted octanol–water partition coefficient (Wildman–Crippen LogP) is 7.98. The molecule has 25 heteroatoms. The number of alkyl halides is 3. The summed E-state index contributed by atoms with van der Waals surface area (Å²) in [6.45, 7) is 5.09. The highest BCUT2D eigenvalue weighted by atomic mass is 35.5. The van der Waals surface area contributed by atoms with E-state index in [-0.39, 0.29) is 37.1 Å². The van der Waals surface area contributed by atoms with Gasteiger partial charge in [0.15, 0.2) is 5.13 Å². The number of nitrogens with two attached hydrogens (primary N) is 1. The lowest BCUT2D eigenvalue weighted by molar-refractivity contribution is -0.152. The number of unbranched alkanes of at least 4 members (excludes halogenated alkanes) is 1. The molecule has 3 heterocycles. The van der Waals surface area contributed by atoms with Crippen LogP contribution < -0.4 is 31.2 Å². The number of halogens is 4. The number of benzene rings is 3. The van der Waals surface area contributed by atoms with E-state index >= 15 is 0 Å². The second-order valence-electron chi connectivity index (χ2n) is 18.2. The minimum atomic E-state index is -4.58. The number of hydrogen-bond donors (Lipinski definition) is 4. The van der Waals surface area contributed by atoms with E-state index in [2.05, 4.69) is 41.1 Å². The van der Waals surface area contributed by atoms with E-state index in [4.69, 9.17) is 41.0 Å². The summed E-state index contributed by atoms with van der Waals surface area (Å²) in [4.78, 5) is 61.7. The number of ether oxygens (including phenoxy) is 5. The molecular formula is C55H67ClF3N11O9S. The Morgan fingerprint density at radius 2 is 1.50 bits per heavy atom. The summed E-state index contributed by atoms with van der Waals surface area (Å²) in [5.41, 5.74) is 9.88. The van der Waals surface area contributed by atoms with Gasteiger partial charge in [0.25, 0.3) is 0 Å². The van der Waals surface area contributed by atoms with E-state index in [1.165, 1.54) is 29.8 Å². The van der Waals surface area contributed by atoms with Gasteiger partial charge in [0.1, 0.15) is 30.4 Å². The van der Waals surface area contributed by atoms with Gasteiger partial charge in [-0.2, -0.15) is 13.2 Å². The van der Waals surface area contributed by atoms with Gasteiger partial charge in [0, 0.05) is 72.9 Å². The Balaban J connectivity index is 0.770. The quantitative estimate of drug-likeness (QED) is 0.0215. The summed E-state index contributed by atoms with van der Waals surface area (Å²) < 4.78 is 71.4. The zero-order valence-electron chi connectivity index (χ0n) is 44.4. The molecule has 0 aliphatic rings. The van der Waals surface area contributed by atoms with Crippen molar-refractivity contribution >= 4 is 63.6 Å². The maximum Gasteiger partial charge on any atom is 0.390 e. The van der Waals surface area contributed by atoms with Crippen LogP contribution in [-0.2, 0) is 60.9 Å². The van der Waals surface area contributed by atoms with Crippen molar-refractivity contribution < 1.29 is 56.0 Å². The molecule has 5 N–H and O–H groups in total. The predicted molar refractivity (Wildman–Crippen MR) is 297 cm³/mol. The van der Waals surface area contributed by atoms with Crippen molar-refractivity contribution in [1.82, 2.24) is 40.1 Å². The number of carbonyl (C=O) groups is 4. The Bertz CT molecular complexity index is 2810. The molecule has 0 bridgehead atoms. The molecule has 4 amide bonds. The van der Waals surface area contributed by atoms with Crippen LogP contribution in [-0.4, -0.2) is 145 Å². The summed E-state index contributed by atoms with van der Waals surface area (Å²) in [6, 6.07) is 20.4. The number of nitrogens with zero attached hydrogens (tertiary/aromatic N) is 7. The Morgan fingerprint density at radius 1 is 0.800 bits per heavy atom. The van der Waals surface area contributed by atoms with Crippen LogP contribution >= 0.6 is 22.9 Å². The van der Waals surface area contributed by atoms with Crippen molar-refractivity contribution in [3.05, 3.63) is 136 Å². The van der Waals surface area contributed by atoms with E-state index in [9.17, 15) is 32.3 Å². The SMILES string of the molecule is CN(CCCCOc1ccc(CCC(=O)N(CCC(F)(F)F)C(C(=O)NCc2ccc(Cl)cc2)c2ccncc2N)cc1)CCOCCOCCc1cn(CCOCCOc2ccc(NC(=O)Nc3nc(CC=O)cs3)cc2)nn1. The fraction of sp³-hybridized carbons (Fsp3) is 0.418. The molecule has 1 atom stereocenters. The molecule has 1 unspecified atom stereocenters. The number of aryl methyl sites for hydroxylation is 1. The zero-order valence-corrected chi connectivity index (χ0v) is 46.0. The van der Waals surface area contributed by atoms with E-state index < -0.39 is 43.0 Å². The van der Waals surface area contributed by atoms with Crippen LogP contribution in [0, 0.1) is 0 Å². The van der Waals surface area contributed by atoms with Crippen LogP contribution in [0.5, 0.6) is 11.5 Å². The van der Waals surface area contributed by atoms with Gasteiger partial charge >= 0.3 is 12.2 Å². The number of hydrogen-bond acceptors (Lipinski definition) is 16. The van der Waals surface area contributed by atoms with Gasteiger partial charge in [-0.1, -0.05) is 41.1 Å². The summed E-state index contributed by atoms with van der Waals surface area (Å²) in [5.74, 6) is -0.0479. The second-order valence-corrected chi connectivity index (χ2v) is 19.5. The minimum Gasteiger partial charge on any atom is -0.494 e. The van der Waals surface area contributed by atoms with Crippen LogP contribution in [0.15, 0.2) is 103 Å². The number of urea groups is 1. The maximum atomic E-state index is 13.8. The maximum absolute atomic E-state index is 13.8. The first-order chi connectivity index (χ1) is 38.7. The minimum absolute atomic E-state index is 0.0469. The molecule has 80 heavy (non-hydrogen) atoms. The van der Waals surface area contributed by atoms with Gasteiger partial charge in [0.05, 0.1) is 82.5 Å². The van der Waals surface area contributed by atoms with Gasteiger partial charge in [-0.05, 0) is 98.6 Å². The van der Waals surface area contributed by atoms with E-state index in [1.807, 2.05) is 25.4 Å². The fourth-order valence-electron chi connectivity index (χ4n) is 7.78. The molecule has 0 spiro atoms. The van der Waals surface area contributed by atoms with Crippen molar-refractivity contribution in [1.29, 1.82) is 0 Å². The van der Waals surface area contributed by atoms with Crippen LogP contribution in [0.4, 0.5) is 34.5 Å². The molecule has 6 rings (SSSR count). The highest BCUT2D eigenvalue weighted by molar-refractivity contribution is 7.14. The summed E-state index contributed by atoms with van der Waals surface area (Å²) in [5, 5.41) is 19.1. The topological polar surface area (TPSA) is 240 Å². The molecule has 0 saturated carbocycles. The van der Waals surface area contributed by atoms with Gasteiger partial charge in [-0.25, -0.2) is 14.5 Å². The van der Waals surface area contributed by atoms with Crippen LogP contribution in [0.1, 0.15) is 59.8 Å². The lowest BCUT2D eigenvalue weighted by Gasteiger charge is -2.32. The average molecular weight is 1150 g/mol. The van der Waals surface area contributed by atoms with E-state index in [0.29, 0.717) is 104 Å². The molecular weight excluding hydrogens is 1080 g/mol. The fourth-order valence-corrected chi connectivity index (χ4v) is 8.62. The highest BCUT2D eigenvalue weighted by Gasteiger charge is 2.36. The molecule has 0 fully saturated rings. The number of aromatic nitrogens is 5. The monoisotopic (exact) mass is 1150 g/mol. The molecule has 6 aromatic rings. The number of carbonyl (C=O) groups excluding carboxylic acids is 4. The molecule has 20 nitrogen and oxygen atoms in total. The number of amides is 4. The molecule has 3 aromatic heterocycles. The Labute approximate surface area is 471 Å². The van der Waals surface area contributed by atoms with E-state index in [0.717, 1.165) is 48.4 Å². The number of nitrogen functional groups attached to an aromatic ring is 1. The van der Waals surface area contributed by atoms with Crippen molar-refractivity contribution in [3.8, 4) is 11.5 Å². The second kappa shape index (κ2) is 33.4. The summed E-state index contributed by atoms with van der Waals surface area (Å²) >= 11 is 7.23. The third-order valence-corrected chi connectivity index (χ3v) is 13.1. The van der Waals surface area contributed by atoms with Crippen molar-refractivity contribution in [3.63, 3.8) is 0 Å². The number of thiazole rings is 1. The normalized spacial score (nSPS) is 11.8. The summed E-state index contributed by atoms with van der Waals surface area (Å²) in [7, 11) is 2.04. The molecule has 3 aromatic carbocycles. The number of rotatable bonds is 36. The Hall–Kier alpha value is -7.22. The lowest BCUT2D eigenvalue weighted by Crippen LogP contribution is -2.45. The van der Waals surface area contributed by atoms with Gasteiger partial charge < -0.3 is 54.6 Å². The van der Waals surface area contributed by atoms with Crippen molar-refractivity contribution in [2.45, 2.75) is 70.3 Å². The highest BCUT2D eigenvalue weighted by Crippen LogP contribution is 2.30. The van der Waals surface area contributed by atoms with Crippen LogP contribution in [0.25, 0.3) is 0 Å². The molecule has 0 radical (unpaired) electrons. The van der Waals surface area contributed by atoms with Crippen LogP contribution in [0.2, 0.25) is 5.02 Å². The molecule has 0 aliphatic heterocycles. The third kappa shape index (κ3) is 22.9. The number of aldehydes is 1. The lowest BCUT2D eigenvalue weighted by atomic mass is 10.0. The van der Waals surface area contributed by atoms with Crippen molar-refractivity contribution in [2.24, 2.45) is 0 Å². The van der Waals surface area contributed by atoms with Crippen LogP contribution in [0.3, 0.4) is 0 Å². The molecule has 0 aliphatic carbocycles.